The van der Waals surface area contributed by atoms with Gasteiger partial charge in [-0.15, -0.1) is 0 Å². The molecule has 0 bridgehead atoms. The van der Waals surface area contributed by atoms with Crippen molar-refractivity contribution in [3.63, 3.8) is 0 Å². The number of carboxylic acids is 1. The zero-order valence-electron chi connectivity index (χ0n) is 13.9. The number of benzene rings is 1. The lowest BCUT2D eigenvalue weighted by atomic mass is 9.66. The molecule has 2 heterocycles. The van der Waals surface area contributed by atoms with Crippen LogP contribution in [0.5, 0.6) is 0 Å². The standard InChI is InChI=1S/C17H22BNO4/c1-16(2)17(3,4)23-18(22-16)13(10-15(20)21)11-5-6-14-12(9-11)7-8-19-14/h5-9,13,19H,10H2,1-4H3,(H,20,21). The number of nitrogens with one attached hydrogen (secondary N) is 1. The van der Waals surface area contributed by atoms with Crippen LogP contribution in [0.15, 0.2) is 30.5 Å². The van der Waals surface area contributed by atoms with Gasteiger partial charge in [0.2, 0.25) is 0 Å². The van der Waals surface area contributed by atoms with Crippen molar-refractivity contribution in [3.8, 4) is 0 Å². The molecule has 0 aliphatic carbocycles. The van der Waals surface area contributed by atoms with Gasteiger partial charge in [-0.2, -0.15) is 0 Å². The third kappa shape index (κ3) is 2.89. The van der Waals surface area contributed by atoms with Gasteiger partial charge in [-0.1, -0.05) is 6.07 Å². The first-order valence-electron chi connectivity index (χ1n) is 7.84. The second-order valence-corrected chi connectivity index (χ2v) is 7.15. The smallest absolute Gasteiger partial charge is 0.466 e. The average molecular weight is 315 g/mol. The van der Waals surface area contributed by atoms with Crippen LogP contribution in [-0.2, 0) is 14.1 Å². The summed E-state index contributed by atoms with van der Waals surface area (Å²) in [5.41, 5.74) is 0.980. The number of carboxylic acid groups (broad SMARTS) is 1. The minimum absolute atomic E-state index is 0.0350. The summed E-state index contributed by atoms with van der Waals surface area (Å²) in [6.45, 7) is 7.89. The van der Waals surface area contributed by atoms with Gasteiger partial charge in [-0.05, 0) is 56.8 Å². The van der Waals surface area contributed by atoms with Crippen molar-refractivity contribution in [2.45, 2.75) is 51.1 Å². The van der Waals surface area contributed by atoms with Crippen LogP contribution in [0.4, 0.5) is 0 Å². The highest BCUT2D eigenvalue weighted by Gasteiger charge is 2.54. The first kappa shape index (κ1) is 16.1. The Kier molecular flexibility index (Phi) is 3.77. The average Bonchev–Trinajstić information content (AvgIpc) is 2.97. The van der Waals surface area contributed by atoms with E-state index >= 15 is 0 Å². The number of hydrogen-bond acceptors (Lipinski definition) is 3. The Bertz CT molecular complexity index is 721. The molecule has 23 heavy (non-hydrogen) atoms. The second kappa shape index (κ2) is 5.39. The van der Waals surface area contributed by atoms with E-state index in [0.717, 1.165) is 16.5 Å². The Morgan fingerprint density at radius 1 is 1.22 bits per heavy atom. The summed E-state index contributed by atoms with van der Waals surface area (Å²) in [5, 5.41) is 10.4. The molecule has 122 valence electrons. The fraction of sp³-hybridized carbons (Fsp3) is 0.471. The van der Waals surface area contributed by atoms with E-state index < -0.39 is 24.3 Å². The van der Waals surface area contributed by atoms with E-state index in [2.05, 4.69) is 4.98 Å². The Morgan fingerprint density at radius 3 is 2.48 bits per heavy atom. The third-order valence-corrected chi connectivity index (χ3v) is 5.00. The van der Waals surface area contributed by atoms with Crippen LogP contribution in [0.3, 0.4) is 0 Å². The minimum Gasteiger partial charge on any atom is -0.481 e. The van der Waals surface area contributed by atoms with E-state index in [4.69, 9.17) is 9.31 Å². The van der Waals surface area contributed by atoms with Gasteiger partial charge in [0.25, 0.3) is 0 Å². The molecule has 0 spiro atoms. The van der Waals surface area contributed by atoms with Crippen molar-refractivity contribution in [2.75, 3.05) is 0 Å². The quantitative estimate of drug-likeness (QED) is 0.849. The maximum Gasteiger partial charge on any atom is 0.466 e. The lowest BCUT2D eigenvalue weighted by molar-refractivity contribution is -0.137. The van der Waals surface area contributed by atoms with Gasteiger partial charge in [-0.25, -0.2) is 0 Å². The van der Waals surface area contributed by atoms with Crippen LogP contribution in [0, 0.1) is 0 Å². The molecule has 1 aromatic heterocycles. The molecule has 3 rings (SSSR count). The summed E-state index contributed by atoms with van der Waals surface area (Å²) in [4.78, 5) is 14.5. The van der Waals surface area contributed by atoms with Crippen LogP contribution < -0.4 is 0 Å². The van der Waals surface area contributed by atoms with Gasteiger partial charge < -0.3 is 19.4 Å². The molecule has 2 aromatic rings. The molecule has 1 saturated heterocycles. The first-order valence-corrected chi connectivity index (χ1v) is 7.84. The predicted octanol–water partition coefficient (Wildman–Crippen LogP) is 3.36. The zero-order valence-corrected chi connectivity index (χ0v) is 13.9. The number of carbonyl (C=O) groups is 1. The van der Waals surface area contributed by atoms with E-state index in [9.17, 15) is 9.90 Å². The predicted molar refractivity (Wildman–Crippen MR) is 89.4 cm³/mol. The fourth-order valence-corrected chi connectivity index (χ4v) is 2.91. The van der Waals surface area contributed by atoms with Gasteiger partial charge in [0, 0.05) is 17.5 Å². The molecular formula is C17H22BNO4. The van der Waals surface area contributed by atoms with E-state index in [1.807, 2.05) is 58.2 Å². The monoisotopic (exact) mass is 315 g/mol. The highest BCUT2D eigenvalue weighted by molar-refractivity contribution is 6.48. The second-order valence-electron chi connectivity index (χ2n) is 7.15. The summed E-state index contributed by atoms with van der Waals surface area (Å²) in [5.74, 6) is -1.22. The molecule has 1 aromatic carbocycles. The SMILES string of the molecule is CC1(C)OB(C(CC(=O)O)c2ccc3[nH]ccc3c2)OC1(C)C. The van der Waals surface area contributed by atoms with Crippen LogP contribution in [0.1, 0.15) is 45.5 Å². The van der Waals surface area contributed by atoms with Crippen molar-refractivity contribution in [2.24, 2.45) is 0 Å². The number of H-pyrrole nitrogens is 1. The molecule has 1 fully saturated rings. The normalized spacial score (nSPS) is 20.8. The minimum atomic E-state index is -0.862. The molecule has 1 aliphatic heterocycles. The molecule has 1 atom stereocenters. The lowest BCUT2D eigenvalue weighted by Crippen LogP contribution is -2.41. The lowest BCUT2D eigenvalue weighted by Gasteiger charge is -2.32. The molecule has 0 amide bonds. The molecule has 0 saturated carbocycles. The molecule has 1 unspecified atom stereocenters. The number of aromatic amines is 1. The summed E-state index contributed by atoms with van der Waals surface area (Å²) >= 11 is 0. The van der Waals surface area contributed by atoms with E-state index in [1.165, 1.54) is 0 Å². The Labute approximate surface area is 136 Å². The van der Waals surface area contributed by atoms with Crippen LogP contribution in [0.2, 0.25) is 0 Å². The molecular weight excluding hydrogens is 293 g/mol. The van der Waals surface area contributed by atoms with Gasteiger partial charge in [0.15, 0.2) is 0 Å². The van der Waals surface area contributed by atoms with Crippen molar-refractivity contribution >= 4 is 24.0 Å². The summed E-state index contributed by atoms with van der Waals surface area (Å²) in [6, 6.07) is 7.88. The number of rotatable bonds is 4. The van der Waals surface area contributed by atoms with Crippen LogP contribution in [0.25, 0.3) is 10.9 Å². The third-order valence-electron chi connectivity index (χ3n) is 5.00. The van der Waals surface area contributed by atoms with Crippen molar-refractivity contribution < 1.29 is 19.2 Å². The summed E-state index contributed by atoms with van der Waals surface area (Å²) < 4.78 is 12.2. The molecule has 5 nitrogen and oxygen atoms in total. The largest absolute Gasteiger partial charge is 0.481 e. The molecule has 2 N–H and O–H groups in total. The fourth-order valence-electron chi connectivity index (χ4n) is 2.91. The topological polar surface area (TPSA) is 71.5 Å². The van der Waals surface area contributed by atoms with Crippen molar-refractivity contribution in [1.29, 1.82) is 0 Å². The number of fused-ring (bicyclic) bond motifs is 1. The van der Waals surface area contributed by atoms with Crippen molar-refractivity contribution in [1.82, 2.24) is 4.98 Å². The van der Waals surface area contributed by atoms with Gasteiger partial charge >= 0.3 is 13.1 Å². The van der Waals surface area contributed by atoms with Crippen molar-refractivity contribution in [3.05, 3.63) is 36.0 Å². The highest BCUT2D eigenvalue weighted by atomic mass is 16.7. The van der Waals surface area contributed by atoms with Gasteiger partial charge in [0.1, 0.15) is 0 Å². The Hall–Kier alpha value is -1.79. The van der Waals surface area contributed by atoms with Crippen LogP contribution in [-0.4, -0.2) is 34.4 Å². The van der Waals surface area contributed by atoms with Gasteiger partial charge in [0.05, 0.1) is 17.6 Å². The Balaban J connectivity index is 1.96. The molecule has 1 aliphatic rings. The summed E-state index contributed by atoms with van der Waals surface area (Å²) in [6.07, 6.45) is 1.84. The number of aromatic nitrogens is 1. The maximum absolute atomic E-state index is 11.4. The highest BCUT2D eigenvalue weighted by Crippen LogP contribution is 2.42. The molecule has 6 heteroatoms. The maximum atomic E-state index is 11.4. The first-order chi connectivity index (χ1) is 10.7. The summed E-state index contributed by atoms with van der Waals surface area (Å²) in [7, 11) is -0.576. The number of hydrogen-bond donors (Lipinski definition) is 2. The zero-order chi connectivity index (χ0) is 16.8. The van der Waals surface area contributed by atoms with Crippen LogP contribution >= 0.6 is 0 Å². The van der Waals surface area contributed by atoms with Gasteiger partial charge in [-0.3, -0.25) is 4.79 Å². The van der Waals surface area contributed by atoms with E-state index in [0.29, 0.717) is 0 Å². The Morgan fingerprint density at radius 2 is 1.87 bits per heavy atom. The molecule has 0 radical (unpaired) electrons. The van der Waals surface area contributed by atoms with E-state index in [1.54, 1.807) is 0 Å². The van der Waals surface area contributed by atoms with E-state index in [-0.39, 0.29) is 12.2 Å². The number of aliphatic carboxylic acids is 1.